The van der Waals surface area contributed by atoms with Gasteiger partial charge in [-0.05, 0) is 90.7 Å². The molecule has 3 fully saturated rings. The molecule has 0 aliphatic carbocycles. The first-order chi connectivity index (χ1) is 27.6. The second kappa shape index (κ2) is 14.5. The minimum absolute atomic E-state index is 0.0803. The van der Waals surface area contributed by atoms with Crippen LogP contribution in [0.5, 0.6) is 0 Å². The molecule has 0 saturated carbocycles. The molecule has 4 aliphatic rings. The third-order valence-electron chi connectivity index (χ3n) is 11.3. The molecule has 15 heteroatoms. The number of piperazine rings is 1. The summed E-state index contributed by atoms with van der Waals surface area (Å²) in [5, 5.41) is 13.0. The minimum Gasteiger partial charge on any atom is -0.371 e. The Morgan fingerprint density at radius 1 is 0.772 bits per heavy atom. The Kier molecular flexibility index (Phi) is 9.23. The molecule has 3 N–H and O–H groups in total. The number of benzene rings is 4. The lowest BCUT2D eigenvalue weighted by molar-refractivity contribution is -0.136. The number of aromatic nitrogens is 2. The average molecular weight is 773 g/mol. The summed E-state index contributed by atoms with van der Waals surface area (Å²) in [5.74, 6) is -2.77. The van der Waals surface area contributed by atoms with Crippen LogP contribution in [0, 0.1) is 17.6 Å². The van der Waals surface area contributed by atoms with Crippen molar-refractivity contribution in [2.24, 2.45) is 5.92 Å². The standard InChI is InChI=1S/C42H38F2N8O5/c43-28-16-25(17-29(44)19-28)15-24-1-8-35-34(18-24)38(48-47-35)46-39(54)27-2-4-30(5-3-27)50-13-11-49(12-14-50)21-26-22-51(23-26)31-6-7-32-33(20-31)42(57)52(41(32)56)36-9-10-37(53)45-40(36)55/h1-8,16-20,26,36H,9-15,21-23H2,(H,45,53,55)(H2,46,47,48,54). The van der Waals surface area contributed by atoms with Crippen molar-refractivity contribution in [3.63, 3.8) is 0 Å². The normalized spacial score (nSPS) is 18.9. The summed E-state index contributed by atoms with van der Waals surface area (Å²) in [5.41, 5.74) is 4.99. The number of carbonyl (C=O) groups is 5. The molecule has 1 aromatic heterocycles. The van der Waals surface area contributed by atoms with Gasteiger partial charge in [-0.1, -0.05) is 6.07 Å². The highest BCUT2D eigenvalue weighted by molar-refractivity contribution is 6.23. The lowest BCUT2D eigenvalue weighted by atomic mass is 9.97. The fourth-order valence-corrected chi connectivity index (χ4v) is 8.32. The van der Waals surface area contributed by atoms with Gasteiger partial charge in [-0.3, -0.25) is 44.2 Å². The van der Waals surface area contributed by atoms with Gasteiger partial charge in [0.1, 0.15) is 17.7 Å². The molecule has 0 bridgehead atoms. The van der Waals surface area contributed by atoms with Gasteiger partial charge in [0.2, 0.25) is 11.8 Å². The van der Waals surface area contributed by atoms with Gasteiger partial charge in [0, 0.05) is 86.5 Å². The Labute approximate surface area is 325 Å². The highest BCUT2D eigenvalue weighted by atomic mass is 19.1. The first-order valence-electron chi connectivity index (χ1n) is 19.0. The van der Waals surface area contributed by atoms with Crippen molar-refractivity contribution in [1.82, 2.24) is 25.3 Å². The van der Waals surface area contributed by atoms with Crippen LogP contribution in [0.15, 0.2) is 78.9 Å². The van der Waals surface area contributed by atoms with Crippen molar-refractivity contribution >= 4 is 57.6 Å². The maximum atomic E-state index is 13.7. The van der Waals surface area contributed by atoms with Crippen molar-refractivity contribution in [1.29, 1.82) is 0 Å². The zero-order chi connectivity index (χ0) is 39.4. The SMILES string of the molecule is O=C1CCC(N2C(=O)c3ccc(N4CC(CN5CCN(c6ccc(C(=O)Nc7n[nH]c8ccc(Cc9cc(F)cc(F)c9)cc78)cc6)CC5)C4)cc3C2=O)C(=O)N1. The largest absolute Gasteiger partial charge is 0.371 e. The number of hydrogen-bond acceptors (Lipinski definition) is 9. The quantitative estimate of drug-likeness (QED) is 0.186. The van der Waals surface area contributed by atoms with Crippen molar-refractivity contribution in [2.45, 2.75) is 25.3 Å². The van der Waals surface area contributed by atoms with Crippen molar-refractivity contribution in [3.8, 4) is 0 Å². The first-order valence-corrected chi connectivity index (χ1v) is 19.0. The van der Waals surface area contributed by atoms with E-state index in [1.54, 1.807) is 24.3 Å². The molecule has 4 aliphatic heterocycles. The lowest BCUT2D eigenvalue weighted by Crippen LogP contribution is -2.55. The molecule has 0 spiro atoms. The molecular formula is C42H38F2N8O5. The Morgan fingerprint density at radius 3 is 2.23 bits per heavy atom. The van der Waals surface area contributed by atoms with Crippen LogP contribution >= 0.6 is 0 Å². The summed E-state index contributed by atoms with van der Waals surface area (Å²) in [6, 6.07) is 20.7. The van der Waals surface area contributed by atoms with Crippen LogP contribution < -0.4 is 20.4 Å². The number of piperidine rings is 1. The summed E-state index contributed by atoms with van der Waals surface area (Å²) in [6.07, 6.45) is 0.523. The second-order valence-electron chi connectivity index (χ2n) is 15.1. The second-order valence-corrected chi connectivity index (χ2v) is 15.1. The van der Waals surface area contributed by atoms with Crippen LogP contribution in [-0.2, 0) is 16.0 Å². The van der Waals surface area contributed by atoms with Gasteiger partial charge >= 0.3 is 0 Å². The van der Waals surface area contributed by atoms with Crippen molar-refractivity contribution in [2.75, 3.05) is 60.9 Å². The Morgan fingerprint density at radius 2 is 1.49 bits per heavy atom. The fraction of sp³-hybridized carbons (Fsp3) is 0.286. The monoisotopic (exact) mass is 772 g/mol. The molecule has 57 heavy (non-hydrogen) atoms. The molecule has 5 heterocycles. The smallest absolute Gasteiger partial charge is 0.262 e. The van der Waals surface area contributed by atoms with Crippen LogP contribution in [0.25, 0.3) is 10.9 Å². The molecule has 4 aromatic carbocycles. The molecular weight excluding hydrogens is 735 g/mol. The predicted octanol–water partition coefficient (Wildman–Crippen LogP) is 4.34. The van der Waals surface area contributed by atoms with Crippen LogP contribution in [0.3, 0.4) is 0 Å². The number of rotatable bonds is 9. The van der Waals surface area contributed by atoms with Crippen molar-refractivity contribution in [3.05, 3.63) is 118 Å². The molecule has 3 saturated heterocycles. The Hall–Kier alpha value is -6.48. The van der Waals surface area contributed by atoms with Crippen LogP contribution in [0.1, 0.15) is 55.0 Å². The van der Waals surface area contributed by atoms with E-state index >= 15 is 0 Å². The topological polar surface area (TPSA) is 151 Å². The number of aromatic amines is 1. The fourth-order valence-electron chi connectivity index (χ4n) is 8.32. The highest BCUT2D eigenvalue weighted by Crippen LogP contribution is 2.33. The van der Waals surface area contributed by atoms with E-state index in [2.05, 4.69) is 35.5 Å². The van der Waals surface area contributed by atoms with E-state index < -0.39 is 41.3 Å². The van der Waals surface area contributed by atoms with E-state index in [1.807, 2.05) is 36.4 Å². The maximum absolute atomic E-state index is 13.7. The molecule has 13 nitrogen and oxygen atoms in total. The minimum atomic E-state index is -0.985. The summed E-state index contributed by atoms with van der Waals surface area (Å²) < 4.78 is 27.4. The molecule has 5 amide bonds. The summed E-state index contributed by atoms with van der Waals surface area (Å²) in [4.78, 5) is 71.5. The number of carbonyl (C=O) groups excluding carboxylic acids is 5. The summed E-state index contributed by atoms with van der Waals surface area (Å²) >= 11 is 0. The van der Waals surface area contributed by atoms with Gasteiger partial charge in [-0.25, -0.2) is 8.78 Å². The van der Waals surface area contributed by atoms with Gasteiger partial charge in [0.15, 0.2) is 5.82 Å². The molecule has 1 unspecified atom stereocenters. The number of amides is 5. The summed E-state index contributed by atoms with van der Waals surface area (Å²) in [7, 11) is 0. The van der Waals surface area contributed by atoms with Crippen LogP contribution in [0.4, 0.5) is 26.0 Å². The van der Waals surface area contributed by atoms with E-state index in [0.29, 0.717) is 34.7 Å². The number of nitrogens with zero attached hydrogens (tertiary/aromatic N) is 5. The number of nitrogens with one attached hydrogen (secondary N) is 3. The highest BCUT2D eigenvalue weighted by Gasteiger charge is 2.45. The first kappa shape index (κ1) is 36.2. The van der Waals surface area contributed by atoms with E-state index in [0.717, 1.165) is 79.2 Å². The van der Waals surface area contributed by atoms with Crippen LogP contribution in [0.2, 0.25) is 0 Å². The zero-order valence-electron chi connectivity index (χ0n) is 30.8. The predicted molar refractivity (Wildman–Crippen MR) is 207 cm³/mol. The molecule has 5 aromatic rings. The molecule has 9 rings (SSSR count). The third kappa shape index (κ3) is 7.10. The zero-order valence-corrected chi connectivity index (χ0v) is 30.8. The number of hydrogen-bond donors (Lipinski definition) is 3. The molecule has 1 atom stereocenters. The van der Waals surface area contributed by atoms with E-state index in [9.17, 15) is 32.8 Å². The average Bonchev–Trinajstić information content (AvgIpc) is 3.68. The van der Waals surface area contributed by atoms with Crippen LogP contribution in [-0.4, -0.2) is 101 Å². The number of fused-ring (bicyclic) bond motifs is 2. The van der Waals surface area contributed by atoms with Gasteiger partial charge in [-0.15, -0.1) is 0 Å². The number of imide groups is 2. The van der Waals surface area contributed by atoms with Gasteiger partial charge in [0.05, 0.1) is 16.6 Å². The van der Waals surface area contributed by atoms with Gasteiger partial charge < -0.3 is 15.1 Å². The lowest BCUT2D eigenvalue weighted by Gasteiger charge is -2.45. The number of H-pyrrole nitrogens is 1. The molecule has 0 radical (unpaired) electrons. The van der Waals surface area contributed by atoms with Crippen molar-refractivity contribution < 1.29 is 32.8 Å². The number of anilines is 3. The number of halogens is 2. The Bertz CT molecular complexity index is 2440. The van der Waals surface area contributed by atoms with E-state index in [4.69, 9.17) is 0 Å². The van der Waals surface area contributed by atoms with Gasteiger partial charge in [0.25, 0.3) is 17.7 Å². The summed E-state index contributed by atoms with van der Waals surface area (Å²) in [6.45, 7) is 6.08. The van der Waals surface area contributed by atoms with E-state index in [-0.39, 0.29) is 29.9 Å². The van der Waals surface area contributed by atoms with Gasteiger partial charge in [-0.2, -0.15) is 5.10 Å². The van der Waals surface area contributed by atoms with E-state index in [1.165, 1.54) is 12.1 Å². The Balaban J connectivity index is 0.750. The molecule has 290 valence electrons. The third-order valence-corrected chi connectivity index (χ3v) is 11.3. The maximum Gasteiger partial charge on any atom is 0.262 e.